The maximum absolute atomic E-state index is 5.87. The Morgan fingerprint density at radius 1 is 1.62 bits per heavy atom. The highest BCUT2D eigenvalue weighted by Crippen LogP contribution is 2.18. The molecule has 0 fully saturated rings. The zero-order chi connectivity index (χ0) is 9.90. The molecule has 0 unspecified atom stereocenters. The molecule has 0 aliphatic heterocycles. The van der Waals surface area contributed by atoms with Gasteiger partial charge in [0.2, 0.25) is 0 Å². The van der Waals surface area contributed by atoms with Crippen molar-refractivity contribution in [2.75, 3.05) is 12.9 Å². The number of rotatable bonds is 4. The van der Waals surface area contributed by atoms with Gasteiger partial charge in [0, 0.05) is 29.0 Å². The van der Waals surface area contributed by atoms with Crippen LogP contribution < -0.4 is 0 Å². The monoisotopic (exact) mass is 218 g/mol. The normalized spacial score (nSPS) is 12.4. The molecule has 2 nitrogen and oxygen atoms in total. The Labute approximate surface area is 88.5 Å². The van der Waals surface area contributed by atoms with Gasteiger partial charge in [0.05, 0.1) is 5.51 Å². The smallest absolute Gasteiger partial charge is 0.0794 e. The zero-order valence-electron chi connectivity index (χ0n) is 8.25. The van der Waals surface area contributed by atoms with Gasteiger partial charge in [-0.1, -0.05) is 0 Å². The summed E-state index contributed by atoms with van der Waals surface area (Å²) in [5.41, 5.74) is 1.91. The summed E-state index contributed by atoms with van der Waals surface area (Å²) in [5, 5.41) is 0. The predicted octanol–water partition coefficient (Wildman–Crippen LogP) is 2.59. The van der Waals surface area contributed by atoms with E-state index in [2.05, 4.69) is 30.8 Å². The second-order valence-corrected chi connectivity index (χ2v) is 5.01. The summed E-state index contributed by atoms with van der Waals surface area (Å²) >= 11 is 7.56. The quantitative estimate of drug-likeness (QED) is 0.723. The van der Waals surface area contributed by atoms with E-state index in [1.807, 2.05) is 11.7 Å². The van der Waals surface area contributed by atoms with Crippen molar-refractivity contribution in [2.45, 2.75) is 25.9 Å². The van der Waals surface area contributed by atoms with Crippen LogP contribution in [0.3, 0.4) is 0 Å². The first-order valence-corrected chi connectivity index (χ1v) is 5.62. The van der Waals surface area contributed by atoms with Gasteiger partial charge in [0.1, 0.15) is 0 Å². The maximum Gasteiger partial charge on any atom is 0.0794 e. The van der Waals surface area contributed by atoms with Crippen LogP contribution in [0.4, 0.5) is 0 Å². The standard InChI is InChI=1S/C9H15ClN2S/c1-9(2,6-10)12(3)5-8-4-11-7-13-8/h4,7H,5-6H2,1-3H3. The Morgan fingerprint density at radius 3 is 2.77 bits per heavy atom. The molecule has 0 aromatic carbocycles. The van der Waals surface area contributed by atoms with Crippen LogP contribution >= 0.6 is 22.9 Å². The van der Waals surface area contributed by atoms with E-state index in [9.17, 15) is 0 Å². The molecule has 0 spiro atoms. The largest absolute Gasteiger partial charge is 0.295 e. The molecule has 0 saturated heterocycles. The summed E-state index contributed by atoms with van der Waals surface area (Å²) in [4.78, 5) is 7.56. The molecule has 1 rings (SSSR count). The minimum atomic E-state index is 0.0472. The van der Waals surface area contributed by atoms with Gasteiger partial charge in [-0.15, -0.1) is 22.9 Å². The zero-order valence-corrected chi connectivity index (χ0v) is 9.82. The molecule has 4 heteroatoms. The topological polar surface area (TPSA) is 16.1 Å². The van der Waals surface area contributed by atoms with E-state index < -0.39 is 0 Å². The lowest BCUT2D eigenvalue weighted by molar-refractivity contribution is 0.172. The lowest BCUT2D eigenvalue weighted by Gasteiger charge is -2.33. The van der Waals surface area contributed by atoms with Gasteiger partial charge in [-0.05, 0) is 20.9 Å². The second kappa shape index (κ2) is 4.40. The van der Waals surface area contributed by atoms with Crippen LogP contribution in [0.2, 0.25) is 0 Å². The fourth-order valence-corrected chi connectivity index (χ4v) is 1.72. The van der Waals surface area contributed by atoms with Crippen molar-refractivity contribution < 1.29 is 0 Å². The van der Waals surface area contributed by atoms with Crippen molar-refractivity contribution >= 4 is 22.9 Å². The number of hydrogen-bond acceptors (Lipinski definition) is 3. The number of halogens is 1. The van der Waals surface area contributed by atoms with Gasteiger partial charge in [-0.3, -0.25) is 9.88 Å². The summed E-state index contributed by atoms with van der Waals surface area (Å²) < 4.78 is 0. The van der Waals surface area contributed by atoms with Crippen LogP contribution in [0.5, 0.6) is 0 Å². The highest BCUT2D eigenvalue weighted by molar-refractivity contribution is 7.09. The summed E-state index contributed by atoms with van der Waals surface area (Å²) in [6, 6.07) is 0. The predicted molar refractivity (Wildman–Crippen MR) is 58.4 cm³/mol. The Hall–Kier alpha value is -0.120. The first-order valence-electron chi connectivity index (χ1n) is 4.21. The van der Waals surface area contributed by atoms with E-state index in [1.54, 1.807) is 11.3 Å². The molecular weight excluding hydrogens is 204 g/mol. The third-order valence-electron chi connectivity index (χ3n) is 2.24. The first kappa shape index (κ1) is 11.0. The Kier molecular flexibility index (Phi) is 3.71. The molecule has 0 amide bonds. The molecule has 0 saturated carbocycles. The molecular formula is C9H15ClN2S. The number of alkyl halides is 1. The Balaban J connectivity index is 2.55. The lowest BCUT2D eigenvalue weighted by Crippen LogP contribution is -2.41. The maximum atomic E-state index is 5.87. The van der Waals surface area contributed by atoms with Gasteiger partial charge in [0.15, 0.2) is 0 Å². The third-order valence-corrected chi connectivity index (χ3v) is 3.66. The van der Waals surface area contributed by atoms with Crippen molar-refractivity contribution in [3.8, 4) is 0 Å². The number of aromatic nitrogens is 1. The van der Waals surface area contributed by atoms with Crippen molar-refractivity contribution in [3.63, 3.8) is 0 Å². The van der Waals surface area contributed by atoms with Crippen molar-refractivity contribution in [1.82, 2.24) is 9.88 Å². The molecule has 1 aromatic heterocycles. The summed E-state index contributed by atoms with van der Waals surface area (Å²) in [6.07, 6.45) is 1.91. The molecule has 0 aliphatic carbocycles. The molecule has 0 bridgehead atoms. The van der Waals surface area contributed by atoms with E-state index in [0.717, 1.165) is 6.54 Å². The molecule has 1 aromatic rings. The van der Waals surface area contributed by atoms with Crippen LogP contribution in [-0.2, 0) is 6.54 Å². The Morgan fingerprint density at radius 2 is 2.31 bits per heavy atom. The van der Waals surface area contributed by atoms with Crippen LogP contribution in [0.25, 0.3) is 0 Å². The fraction of sp³-hybridized carbons (Fsp3) is 0.667. The minimum absolute atomic E-state index is 0.0472. The average Bonchev–Trinajstić information content (AvgIpc) is 2.57. The second-order valence-electron chi connectivity index (χ2n) is 3.77. The minimum Gasteiger partial charge on any atom is -0.295 e. The van der Waals surface area contributed by atoms with Crippen LogP contribution in [0.15, 0.2) is 11.7 Å². The number of hydrogen-bond donors (Lipinski definition) is 0. The molecule has 13 heavy (non-hydrogen) atoms. The van der Waals surface area contributed by atoms with Gasteiger partial charge in [-0.25, -0.2) is 0 Å². The summed E-state index contributed by atoms with van der Waals surface area (Å²) in [7, 11) is 2.09. The van der Waals surface area contributed by atoms with E-state index >= 15 is 0 Å². The number of thiazole rings is 1. The van der Waals surface area contributed by atoms with Gasteiger partial charge < -0.3 is 0 Å². The lowest BCUT2D eigenvalue weighted by atomic mass is 10.1. The summed E-state index contributed by atoms with van der Waals surface area (Å²) in [6.45, 7) is 5.20. The van der Waals surface area contributed by atoms with Gasteiger partial charge in [-0.2, -0.15) is 0 Å². The fourth-order valence-electron chi connectivity index (χ4n) is 0.870. The highest BCUT2D eigenvalue weighted by Gasteiger charge is 2.22. The van der Waals surface area contributed by atoms with E-state index in [1.165, 1.54) is 4.88 Å². The van der Waals surface area contributed by atoms with Crippen molar-refractivity contribution in [3.05, 3.63) is 16.6 Å². The molecule has 0 aliphatic rings. The van der Waals surface area contributed by atoms with Gasteiger partial charge >= 0.3 is 0 Å². The molecule has 0 N–H and O–H groups in total. The number of nitrogens with zero attached hydrogens (tertiary/aromatic N) is 2. The van der Waals surface area contributed by atoms with E-state index in [4.69, 9.17) is 11.6 Å². The highest BCUT2D eigenvalue weighted by atomic mass is 35.5. The first-order chi connectivity index (χ1) is 6.06. The van der Waals surface area contributed by atoms with Crippen LogP contribution in [0, 0.1) is 0 Å². The SMILES string of the molecule is CN(Cc1cncs1)C(C)(C)CCl. The average molecular weight is 219 g/mol. The van der Waals surface area contributed by atoms with Crippen LogP contribution in [-0.4, -0.2) is 28.4 Å². The van der Waals surface area contributed by atoms with Gasteiger partial charge in [0.25, 0.3) is 0 Å². The molecule has 1 heterocycles. The van der Waals surface area contributed by atoms with E-state index in [-0.39, 0.29) is 5.54 Å². The summed E-state index contributed by atoms with van der Waals surface area (Å²) in [5.74, 6) is 0.641. The van der Waals surface area contributed by atoms with Crippen molar-refractivity contribution in [1.29, 1.82) is 0 Å². The van der Waals surface area contributed by atoms with Crippen molar-refractivity contribution in [2.24, 2.45) is 0 Å². The molecule has 0 radical (unpaired) electrons. The Bertz CT molecular complexity index is 246. The molecule has 74 valence electrons. The third kappa shape index (κ3) is 2.93. The van der Waals surface area contributed by atoms with E-state index in [0.29, 0.717) is 5.88 Å². The molecule has 0 atom stereocenters. The van der Waals surface area contributed by atoms with Crippen LogP contribution in [0.1, 0.15) is 18.7 Å².